The van der Waals surface area contributed by atoms with Crippen LogP contribution in [0.25, 0.3) is 0 Å². The van der Waals surface area contributed by atoms with Crippen molar-refractivity contribution < 1.29 is 24.2 Å². The molecule has 0 aromatic heterocycles. The topological polar surface area (TPSA) is 72.8 Å². The van der Waals surface area contributed by atoms with Gasteiger partial charge in [0.2, 0.25) is 0 Å². The molecule has 0 heterocycles. The monoisotopic (exact) mass is 564 g/mol. The van der Waals surface area contributed by atoms with Crippen molar-refractivity contribution in [3.63, 3.8) is 0 Å². The van der Waals surface area contributed by atoms with E-state index in [9.17, 15) is 14.7 Å². The highest BCUT2D eigenvalue weighted by molar-refractivity contribution is 5.70. The van der Waals surface area contributed by atoms with Crippen LogP contribution in [0.15, 0.2) is 24.3 Å². The Morgan fingerprint density at radius 1 is 0.575 bits per heavy atom. The molecule has 0 bridgehead atoms. The Morgan fingerprint density at radius 2 is 1.00 bits per heavy atom. The molecule has 0 saturated carbocycles. The van der Waals surface area contributed by atoms with Crippen molar-refractivity contribution in [2.24, 2.45) is 0 Å². The lowest BCUT2D eigenvalue weighted by molar-refractivity contribution is -0.161. The number of carbonyl (C=O) groups is 2. The minimum absolute atomic E-state index is 0.0682. The van der Waals surface area contributed by atoms with Crippen LogP contribution in [0.2, 0.25) is 0 Å². The summed E-state index contributed by atoms with van der Waals surface area (Å²) >= 11 is 0. The molecule has 234 valence electrons. The SMILES string of the molecule is CCCCC/C=C\C/C=C\CCCCCCCC(=O)OC(CO)COC(=O)CCCCCCCCCCCCC. The van der Waals surface area contributed by atoms with Gasteiger partial charge in [-0.2, -0.15) is 0 Å². The Morgan fingerprint density at radius 3 is 1.52 bits per heavy atom. The first kappa shape index (κ1) is 38.4. The lowest BCUT2D eigenvalue weighted by Crippen LogP contribution is -2.28. The van der Waals surface area contributed by atoms with Crippen molar-refractivity contribution in [3.8, 4) is 0 Å². The second kappa shape index (κ2) is 31.9. The van der Waals surface area contributed by atoms with Crippen molar-refractivity contribution >= 4 is 11.9 Å². The van der Waals surface area contributed by atoms with Crippen molar-refractivity contribution in [3.05, 3.63) is 24.3 Å². The lowest BCUT2D eigenvalue weighted by Gasteiger charge is -2.15. The first-order valence-electron chi connectivity index (χ1n) is 16.9. The van der Waals surface area contributed by atoms with Gasteiger partial charge >= 0.3 is 11.9 Å². The molecule has 0 saturated heterocycles. The van der Waals surface area contributed by atoms with E-state index in [1.165, 1.54) is 89.9 Å². The molecule has 1 atom stereocenters. The summed E-state index contributed by atoms with van der Waals surface area (Å²) in [4.78, 5) is 24.1. The van der Waals surface area contributed by atoms with Gasteiger partial charge < -0.3 is 14.6 Å². The van der Waals surface area contributed by atoms with Crippen LogP contribution in [0.3, 0.4) is 0 Å². The maximum absolute atomic E-state index is 12.1. The first-order valence-corrected chi connectivity index (χ1v) is 16.9. The van der Waals surface area contributed by atoms with Crippen LogP contribution in [0.1, 0.15) is 168 Å². The Labute approximate surface area is 247 Å². The summed E-state index contributed by atoms with van der Waals surface area (Å²) in [5.41, 5.74) is 0. The third kappa shape index (κ3) is 29.4. The molecule has 0 fully saturated rings. The maximum atomic E-state index is 12.1. The van der Waals surface area contributed by atoms with Gasteiger partial charge in [0, 0.05) is 12.8 Å². The van der Waals surface area contributed by atoms with Crippen LogP contribution < -0.4 is 0 Å². The molecule has 0 rings (SSSR count). The van der Waals surface area contributed by atoms with E-state index < -0.39 is 6.10 Å². The zero-order chi connectivity index (χ0) is 29.4. The number of hydrogen-bond donors (Lipinski definition) is 1. The zero-order valence-electron chi connectivity index (χ0n) is 26.4. The molecule has 40 heavy (non-hydrogen) atoms. The number of allylic oxidation sites excluding steroid dienone is 4. The average molecular weight is 565 g/mol. The Kier molecular flexibility index (Phi) is 30.6. The summed E-state index contributed by atoms with van der Waals surface area (Å²) in [6, 6.07) is 0. The molecule has 5 nitrogen and oxygen atoms in total. The van der Waals surface area contributed by atoms with Crippen LogP contribution in [-0.4, -0.2) is 36.4 Å². The molecular weight excluding hydrogens is 500 g/mol. The van der Waals surface area contributed by atoms with Gasteiger partial charge in [-0.1, -0.05) is 134 Å². The second-order valence-electron chi connectivity index (χ2n) is 11.2. The van der Waals surface area contributed by atoms with Gasteiger partial charge in [0.15, 0.2) is 6.10 Å². The number of aliphatic hydroxyl groups excluding tert-OH is 1. The van der Waals surface area contributed by atoms with Crippen molar-refractivity contribution in [2.45, 2.75) is 174 Å². The summed E-state index contributed by atoms with van der Waals surface area (Å²) in [5, 5.41) is 9.49. The highest BCUT2D eigenvalue weighted by atomic mass is 16.6. The predicted octanol–water partition coefficient (Wildman–Crippen LogP) is 9.95. The van der Waals surface area contributed by atoms with Crippen LogP contribution in [0, 0.1) is 0 Å². The van der Waals surface area contributed by atoms with Crippen LogP contribution >= 0.6 is 0 Å². The number of rotatable bonds is 30. The van der Waals surface area contributed by atoms with E-state index >= 15 is 0 Å². The fraction of sp³-hybridized carbons (Fsp3) is 0.829. The average Bonchev–Trinajstić information content (AvgIpc) is 2.96. The number of unbranched alkanes of at least 4 members (excludes halogenated alkanes) is 18. The fourth-order valence-corrected chi connectivity index (χ4v) is 4.64. The van der Waals surface area contributed by atoms with Gasteiger partial charge in [-0.25, -0.2) is 0 Å². The van der Waals surface area contributed by atoms with E-state index in [0.29, 0.717) is 12.8 Å². The fourth-order valence-electron chi connectivity index (χ4n) is 4.64. The van der Waals surface area contributed by atoms with Gasteiger partial charge in [-0.3, -0.25) is 9.59 Å². The van der Waals surface area contributed by atoms with Gasteiger partial charge in [-0.15, -0.1) is 0 Å². The second-order valence-corrected chi connectivity index (χ2v) is 11.2. The standard InChI is InChI=1S/C35H64O5/c1-3-5-7-9-11-13-15-16-17-18-20-22-24-26-28-30-35(38)40-33(31-36)32-39-34(37)29-27-25-23-21-19-14-12-10-8-6-4-2/h11,13,16-17,33,36H,3-10,12,14-15,18-32H2,1-2H3/b13-11-,17-16-. The lowest BCUT2D eigenvalue weighted by atomic mass is 10.1. The molecule has 0 aromatic rings. The number of aliphatic hydroxyl groups is 1. The van der Waals surface area contributed by atoms with Gasteiger partial charge in [0.05, 0.1) is 6.61 Å². The third-order valence-corrected chi connectivity index (χ3v) is 7.25. The molecule has 0 radical (unpaired) electrons. The van der Waals surface area contributed by atoms with E-state index in [0.717, 1.165) is 51.4 Å². The van der Waals surface area contributed by atoms with Crippen molar-refractivity contribution in [1.29, 1.82) is 0 Å². The van der Waals surface area contributed by atoms with E-state index in [2.05, 4.69) is 38.2 Å². The van der Waals surface area contributed by atoms with E-state index in [4.69, 9.17) is 9.47 Å². The molecule has 0 aliphatic heterocycles. The Hall–Kier alpha value is -1.62. The third-order valence-electron chi connectivity index (χ3n) is 7.25. The smallest absolute Gasteiger partial charge is 0.306 e. The summed E-state index contributed by atoms with van der Waals surface area (Å²) in [6.45, 7) is 4.08. The molecule has 5 heteroatoms. The van der Waals surface area contributed by atoms with Gasteiger partial charge in [0.1, 0.15) is 6.61 Å². The first-order chi connectivity index (χ1) is 19.6. The highest BCUT2D eigenvalue weighted by Gasteiger charge is 2.16. The Balaban J connectivity index is 3.61. The van der Waals surface area contributed by atoms with E-state index in [-0.39, 0.29) is 25.2 Å². The number of esters is 2. The molecule has 0 aliphatic rings. The molecule has 1 N–H and O–H groups in total. The van der Waals surface area contributed by atoms with Crippen molar-refractivity contribution in [2.75, 3.05) is 13.2 Å². The maximum Gasteiger partial charge on any atom is 0.306 e. The molecule has 0 amide bonds. The molecule has 1 unspecified atom stereocenters. The predicted molar refractivity (Wildman–Crippen MR) is 168 cm³/mol. The summed E-state index contributed by atoms with van der Waals surface area (Å²) in [7, 11) is 0. The number of ether oxygens (including phenoxy) is 2. The number of carbonyl (C=O) groups excluding carboxylic acids is 2. The van der Waals surface area contributed by atoms with Crippen LogP contribution in [0.4, 0.5) is 0 Å². The normalized spacial score (nSPS) is 12.4. The van der Waals surface area contributed by atoms with Gasteiger partial charge in [0.25, 0.3) is 0 Å². The molecule has 0 aliphatic carbocycles. The van der Waals surface area contributed by atoms with Crippen molar-refractivity contribution in [1.82, 2.24) is 0 Å². The van der Waals surface area contributed by atoms with Gasteiger partial charge in [-0.05, 0) is 44.9 Å². The van der Waals surface area contributed by atoms with E-state index in [1.54, 1.807) is 0 Å². The number of hydrogen-bond acceptors (Lipinski definition) is 5. The summed E-state index contributed by atoms with van der Waals surface area (Å²) < 4.78 is 10.5. The highest BCUT2D eigenvalue weighted by Crippen LogP contribution is 2.13. The quantitative estimate of drug-likeness (QED) is 0.0534. The molecule has 0 spiro atoms. The molecule has 0 aromatic carbocycles. The minimum atomic E-state index is -0.772. The zero-order valence-corrected chi connectivity index (χ0v) is 26.4. The Bertz CT molecular complexity index is 613. The largest absolute Gasteiger partial charge is 0.462 e. The van der Waals surface area contributed by atoms with Crippen LogP contribution in [-0.2, 0) is 19.1 Å². The minimum Gasteiger partial charge on any atom is -0.462 e. The van der Waals surface area contributed by atoms with Crippen LogP contribution in [0.5, 0.6) is 0 Å². The van der Waals surface area contributed by atoms with E-state index in [1.807, 2.05) is 0 Å². The summed E-state index contributed by atoms with van der Waals surface area (Å²) in [5.74, 6) is -0.606. The summed E-state index contributed by atoms with van der Waals surface area (Å²) in [6.07, 6.45) is 35.1. The molecular formula is C35H64O5.